The van der Waals surface area contributed by atoms with E-state index in [-0.39, 0.29) is 0 Å². The van der Waals surface area contributed by atoms with E-state index in [1.165, 1.54) is 0 Å². The van der Waals surface area contributed by atoms with Crippen molar-refractivity contribution in [2.75, 3.05) is 0 Å². The molecule has 1 heterocycles. The van der Waals surface area contributed by atoms with Crippen molar-refractivity contribution in [3.8, 4) is 0 Å². The van der Waals surface area contributed by atoms with Crippen LogP contribution in [0.3, 0.4) is 0 Å². The molecule has 0 fully saturated rings. The average Bonchev–Trinajstić information content (AvgIpc) is 1.55. The molecule has 0 aromatic rings. The van der Waals surface area contributed by atoms with Gasteiger partial charge < -0.3 is 0 Å². The van der Waals surface area contributed by atoms with Gasteiger partial charge in [-0.3, -0.25) is 4.99 Å². The maximum atomic E-state index is 3.84. The van der Waals surface area contributed by atoms with Crippen molar-refractivity contribution in [3.05, 3.63) is 30.7 Å². The molecule has 0 aromatic carbocycles. The van der Waals surface area contributed by atoms with Crippen LogP contribution in [-0.4, -0.2) is 5.71 Å². The second-order valence-corrected chi connectivity index (χ2v) is 1.22. The van der Waals surface area contributed by atoms with Gasteiger partial charge in [-0.25, -0.2) is 0 Å². The monoisotopic (exact) mass is 91.0 g/mol. The number of aliphatic imine (C=N–C) groups is 1. The fourth-order valence-corrected chi connectivity index (χ4v) is 0.351. The second-order valence-electron chi connectivity index (χ2n) is 1.22. The van der Waals surface area contributed by atoms with Gasteiger partial charge in [-0.1, -0.05) is 6.58 Å². The smallest absolute Gasteiger partial charge is 0.0721 e. The van der Waals surface area contributed by atoms with Gasteiger partial charge in [-0.2, -0.15) is 0 Å². The molecule has 34 valence electrons. The minimum absolute atomic E-state index is 0.954. The van der Waals surface area contributed by atoms with Gasteiger partial charge in [0.25, 0.3) is 0 Å². The largest absolute Gasteiger partial charge is 0.256 e. The van der Waals surface area contributed by atoms with Gasteiger partial charge >= 0.3 is 0 Å². The van der Waals surface area contributed by atoms with Crippen molar-refractivity contribution in [1.82, 2.24) is 0 Å². The van der Waals surface area contributed by atoms with Crippen LogP contribution < -0.4 is 0 Å². The average molecular weight is 91.1 g/mol. The Morgan fingerprint density at radius 1 is 1.86 bits per heavy atom. The zero-order valence-electron chi connectivity index (χ0n) is 3.89. The Balaban J connectivity index is 2.60. The van der Waals surface area contributed by atoms with E-state index < -0.39 is 0 Å². The van der Waals surface area contributed by atoms with E-state index in [9.17, 15) is 0 Å². The zero-order valence-corrected chi connectivity index (χ0v) is 3.89. The Labute approximate surface area is 42.4 Å². The first-order chi connectivity index (χ1) is 3.43. The Hall–Kier alpha value is -1.07. The summed E-state index contributed by atoms with van der Waals surface area (Å²) >= 11 is 0. The SMILES string of the molecule is C=C=CC1=NC=C1. The highest BCUT2D eigenvalue weighted by Gasteiger charge is 1.89. The van der Waals surface area contributed by atoms with E-state index in [0.29, 0.717) is 0 Å². The third-order valence-corrected chi connectivity index (χ3v) is 0.719. The fraction of sp³-hybridized carbons (Fsp3) is 0. The standard InChI is InChI=1S/C6H5N/c1-2-3-6-4-5-7-6/h3-5H,1H2. The van der Waals surface area contributed by atoms with Crippen LogP contribution in [0.15, 0.2) is 35.7 Å². The van der Waals surface area contributed by atoms with Crippen molar-refractivity contribution in [2.45, 2.75) is 0 Å². The van der Waals surface area contributed by atoms with Crippen LogP contribution in [-0.2, 0) is 0 Å². The summed E-state index contributed by atoms with van der Waals surface area (Å²) in [5, 5.41) is 0. The summed E-state index contributed by atoms with van der Waals surface area (Å²) in [5.41, 5.74) is 3.57. The molecule has 7 heavy (non-hydrogen) atoms. The molecule has 0 radical (unpaired) electrons. The Kier molecular flexibility index (Phi) is 0.928. The molecule has 0 bridgehead atoms. The van der Waals surface area contributed by atoms with Gasteiger partial charge in [0.1, 0.15) is 0 Å². The van der Waals surface area contributed by atoms with Crippen LogP contribution in [0.25, 0.3) is 0 Å². The normalized spacial score (nSPS) is 14.0. The first-order valence-electron chi connectivity index (χ1n) is 2.03. The van der Waals surface area contributed by atoms with E-state index >= 15 is 0 Å². The van der Waals surface area contributed by atoms with E-state index in [0.717, 1.165) is 5.71 Å². The number of hydrogen-bond acceptors (Lipinski definition) is 1. The molecule has 0 amide bonds. The Bertz CT molecular complexity index is 169. The van der Waals surface area contributed by atoms with Crippen molar-refractivity contribution in [3.63, 3.8) is 0 Å². The first-order valence-corrected chi connectivity index (χ1v) is 2.03. The molecule has 0 saturated heterocycles. The highest BCUT2D eigenvalue weighted by Crippen LogP contribution is 1.94. The third kappa shape index (κ3) is 0.673. The molecule has 1 aliphatic rings. The maximum absolute atomic E-state index is 3.84. The van der Waals surface area contributed by atoms with Crippen LogP contribution >= 0.6 is 0 Å². The van der Waals surface area contributed by atoms with Gasteiger partial charge in [0.2, 0.25) is 0 Å². The summed E-state index contributed by atoms with van der Waals surface area (Å²) in [6.45, 7) is 3.39. The van der Waals surface area contributed by atoms with Crippen molar-refractivity contribution < 1.29 is 0 Å². The van der Waals surface area contributed by atoms with Gasteiger partial charge in [-0.15, -0.1) is 5.73 Å². The van der Waals surface area contributed by atoms with E-state index in [2.05, 4.69) is 17.3 Å². The quantitative estimate of drug-likeness (QED) is 0.431. The molecule has 1 rings (SSSR count). The van der Waals surface area contributed by atoms with Crippen molar-refractivity contribution >= 4 is 5.71 Å². The number of nitrogens with zero attached hydrogens (tertiary/aromatic N) is 1. The van der Waals surface area contributed by atoms with Crippen molar-refractivity contribution in [1.29, 1.82) is 0 Å². The van der Waals surface area contributed by atoms with Gasteiger partial charge in [0.15, 0.2) is 0 Å². The molecular formula is C6H5N. The summed E-state index contributed by atoms with van der Waals surface area (Å²) in [5.74, 6) is 0. The molecule has 1 aliphatic heterocycles. The van der Waals surface area contributed by atoms with Crippen LogP contribution in [0.1, 0.15) is 0 Å². The maximum Gasteiger partial charge on any atom is 0.0721 e. The van der Waals surface area contributed by atoms with Crippen LogP contribution in [0.2, 0.25) is 0 Å². The van der Waals surface area contributed by atoms with E-state index in [1.807, 2.05) is 6.08 Å². The predicted molar refractivity (Wildman–Crippen MR) is 30.3 cm³/mol. The molecule has 0 saturated carbocycles. The van der Waals surface area contributed by atoms with Crippen LogP contribution in [0, 0.1) is 0 Å². The van der Waals surface area contributed by atoms with Gasteiger partial charge in [-0.05, 0) is 6.08 Å². The highest BCUT2D eigenvalue weighted by atomic mass is 14.7. The lowest BCUT2D eigenvalue weighted by Gasteiger charge is -1.93. The van der Waals surface area contributed by atoms with Crippen LogP contribution in [0.4, 0.5) is 0 Å². The molecule has 0 atom stereocenters. The summed E-state index contributed by atoms with van der Waals surface area (Å²) in [7, 11) is 0. The molecule has 0 spiro atoms. The minimum Gasteiger partial charge on any atom is -0.256 e. The summed E-state index contributed by atoms with van der Waals surface area (Å²) in [4.78, 5) is 3.84. The highest BCUT2D eigenvalue weighted by molar-refractivity contribution is 6.07. The molecule has 1 heteroatoms. The zero-order chi connectivity index (χ0) is 5.11. The van der Waals surface area contributed by atoms with E-state index in [1.54, 1.807) is 12.3 Å². The summed E-state index contributed by atoms with van der Waals surface area (Å²) in [6, 6.07) is 0. The Morgan fingerprint density at radius 3 is 2.71 bits per heavy atom. The molecule has 0 N–H and O–H groups in total. The number of hydrogen-bond donors (Lipinski definition) is 0. The van der Waals surface area contributed by atoms with Crippen LogP contribution in [0.5, 0.6) is 0 Å². The van der Waals surface area contributed by atoms with Gasteiger partial charge in [0, 0.05) is 12.3 Å². The van der Waals surface area contributed by atoms with E-state index in [4.69, 9.17) is 0 Å². The predicted octanol–water partition coefficient (Wildman–Crippen LogP) is 1.30. The van der Waals surface area contributed by atoms with Gasteiger partial charge in [0.05, 0.1) is 5.71 Å². The number of allylic oxidation sites excluding steroid dienone is 2. The minimum atomic E-state index is 0.954. The Morgan fingerprint density at radius 2 is 2.57 bits per heavy atom. The van der Waals surface area contributed by atoms with Crippen molar-refractivity contribution in [2.24, 2.45) is 4.99 Å². The second kappa shape index (κ2) is 1.59. The lowest BCUT2D eigenvalue weighted by atomic mass is 10.3. The fourth-order valence-electron chi connectivity index (χ4n) is 0.351. The lowest BCUT2D eigenvalue weighted by molar-refractivity contribution is 1.51. The molecule has 0 aromatic heterocycles. The third-order valence-electron chi connectivity index (χ3n) is 0.719. The summed E-state index contributed by atoms with van der Waals surface area (Å²) < 4.78 is 0. The topological polar surface area (TPSA) is 12.4 Å². The molecular weight excluding hydrogens is 86.1 g/mol. The first kappa shape index (κ1) is 4.10. The molecule has 1 nitrogen and oxygen atoms in total. The molecule has 0 aliphatic carbocycles. The molecule has 0 unspecified atom stereocenters. The lowest BCUT2D eigenvalue weighted by Crippen LogP contribution is -1.91. The number of rotatable bonds is 1. The summed E-state index contributed by atoms with van der Waals surface area (Å²) in [6.07, 6.45) is 5.38.